The summed E-state index contributed by atoms with van der Waals surface area (Å²) >= 11 is 1.61. The molecule has 1 aromatic heterocycles. The Balaban J connectivity index is 1.49. The van der Waals surface area contributed by atoms with Gasteiger partial charge in [0.05, 0.1) is 17.4 Å². The average Bonchev–Trinajstić information content (AvgIpc) is 3.12. The molecule has 0 aliphatic carbocycles. The van der Waals surface area contributed by atoms with E-state index in [2.05, 4.69) is 70.3 Å². The van der Waals surface area contributed by atoms with Gasteiger partial charge in [-0.3, -0.25) is 4.99 Å². The van der Waals surface area contributed by atoms with Crippen LogP contribution in [0.5, 0.6) is 0 Å². The highest BCUT2D eigenvalue weighted by Gasteiger charge is 2.10. The summed E-state index contributed by atoms with van der Waals surface area (Å²) in [4.78, 5) is 14.6. The van der Waals surface area contributed by atoms with E-state index in [-0.39, 0.29) is 0 Å². The van der Waals surface area contributed by atoms with Gasteiger partial charge in [0.1, 0.15) is 10.8 Å². The van der Waals surface area contributed by atoms with Crippen LogP contribution in [-0.4, -0.2) is 30.0 Å². The van der Waals surface area contributed by atoms with Crippen LogP contribution in [0.2, 0.25) is 0 Å². The number of benzene rings is 1. The summed E-state index contributed by atoms with van der Waals surface area (Å²) in [7, 11) is 0. The van der Waals surface area contributed by atoms with Crippen LogP contribution in [0.1, 0.15) is 39.5 Å². The van der Waals surface area contributed by atoms with Gasteiger partial charge in [-0.1, -0.05) is 18.7 Å². The molecular formula is C25H32N6S. The first-order valence-electron chi connectivity index (χ1n) is 10.8. The molecule has 1 atom stereocenters. The first-order valence-corrected chi connectivity index (χ1v) is 11.6. The molecule has 32 heavy (non-hydrogen) atoms. The van der Waals surface area contributed by atoms with Crippen LogP contribution in [0.4, 0.5) is 5.69 Å². The van der Waals surface area contributed by atoms with Crippen molar-refractivity contribution < 1.29 is 0 Å². The van der Waals surface area contributed by atoms with E-state index >= 15 is 0 Å². The fraction of sp³-hybridized carbons (Fsp3) is 0.320. The van der Waals surface area contributed by atoms with E-state index in [1.54, 1.807) is 23.6 Å². The molecule has 0 radical (unpaired) electrons. The van der Waals surface area contributed by atoms with Gasteiger partial charge in [-0.2, -0.15) is 0 Å². The summed E-state index contributed by atoms with van der Waals surface area (Å²) in [6.07, 6.45) is 11.5. The minimum atomic E-state index is 0.391. The monoisotopic (exact) mass is 448 g/mol. The number of hydrogen-bond acceptors (Lipinski definition) is 7. The lowest BCUT2D eigenvalue weighted by Gasteiger charge is -2.12. The van der Waals surface area contributed by atoms with Gasteiger partial charge < -0.3 is 16.4 Å². The quantitative estimate of drug-likeness (QED) is 0.356. The molecule has 1 aromatic carbocycles. The van der Waals surface area contributed by atoms with Crippen molar-refractivity contribution in [3.63, 3.8) is 0 Å². The van der Waals surface area contributed by atoms with Crippen LogP contribution in [0, 0.1) is 20.8 Å². The molecule has 1 aliphatic rings. The Kier molecular flexibility index (Phi) is 8.53. The second kappa shape index (κ2) is 11.5. The maximum Gasteiger partial charge on any atom is 0.139 e. The van der Waals surface area contributed by atoms with Gasteiger partial charge in [0.2, 0.25) is 0 Å². The molecule has 4 N–H and O–H groups in total. The van der Waals surface area contributed by atoms with Crippen LogP contribution in [-0.2, 0) is 6.54 Å². The molecule has 2 heterocycles. The molecule has 0 amide bonds. The third-order valence-electron chi connectivity index (χ3n) is 5.00. The normalized spacial score (nSPS) is 16.1. The standard InChI is InChI=1S/C25H32N6S/c1-17-13-18(2)15-22(14-17)31-20(4)28-12-9-23(26)25-30-19(3)24(32-25)16-27-11-8-21-7-5-6-10-29-21/h5-6,9-10,12-15,21,27,31H,4,7-8,11,16,26H2,1-3H3/b23-9-,28-12?. The van der Waals surface area contributed by atoms with Gasteiger partial charge in [0.25, 0.3) is 0 Å². The summed E-state index contributed by atoms with van der Waals surface area (Å²) in [6.45, 7) is 11.8. The van der Waals surface area contributed by atoms with Crippen molar-refractivity contribution in [1.82, 2.24) is 10.3 Å². The molecule has 0 saturated carbocycles. The summed E-state index contributed by atoms with van der Waals surface area (Å²) in [6, 6.07) is 6.64. The van der Waals surface area contributed by atoms with Crippen molar-refractivity contribution in [3.05, 3.63) is 75.5 Å². The maximum atomic E-state index is 6.23. The first kappa shape index (κ1) is 23.6. The van der Waals surface area contributed by atoms with Gasteiger partial charge in [-0.25, -0.2) is 9.98 Å². The molecule has 2 aromatic rings. The number of dihydropyridines is 1. The van der Waals surface area contributed by atoms with Gasteiger partial charge in [-0.15, -0.1) is 11.3 Å². The Bertz CT molecular complexity index is 1040. The SMILES string of the molecule is C=C(N=C/C=C(\N)c1nc(C)c(CNCCC2CC=CC=N2)s1)Nc1cc(C)cc(C)c1. The van der Waals surface area contributed by atoms with E-state index in [4.69, 9.17) is 5.73 Å². The predicted octanol–water partition coefficient (Wildman–Crippen LogP) is 4.90. The van der Waals surface area contributed by atoms with Crippen molar-refractivity contribution in [3.8, 4) is 0 Å². The van der Waals surface area contributed by atoms with Gasteiger partial charge >= 0.3 is 0 Å². The van der Waals surface area contributed by atoms with E-state index < -0.39 is 0 Å². The number of anilines is 1. The number of hydrogen-bond donors (Lipinski definition) is 3. The molecule has 0 saturated heterocycles. The van der Waals surface area contributed by atoms with Gasteiger partial charge in [0, 0.05) is 29.5 Å². The summed E-state index contributed by atoms with van der Waals surface area (Å²) in [5, 5.41) is 7.51. The van der Waals surface area contributed by atoms with Crippen LogP contribution >= 0.6 is 11.3 Å². The lowest BCUT2D eigenvalue weighted by atomic mass is 10.1. The van der Waals surface area contributed by atoms with Crippen molar-refractivity contribution in [1.29, 1.82) is 0 Å². The highest BCUT2D eigenvalue weighted by molar-refractivity contribution is 7.12. The Morgan fingerprint density at radius 3 is 2.78 bits per heavy atom. The predicted molar refractivity (Wildman–Crippen MR) is 139 cm³/mol. The molecule has 7 heteroatoms. The Morgan fingerprint density at radius 2 is 2.06 bits per heavy atom. The zero-order valence-corrected chi connectivity index (χ0v) is 19.9. The summed E-state index contributed by atoms with van der Waals surface area (Å²) in [5.74, 6) is 0.553. The average molecular weight is 449 g/mol. The molecule has 6 nitrogen and oxygen atoms in total. The third kappa shape index (κ3) is 7.28. The van der Waals surface area contributed by atoms with Crippen molar-refractivity contribution in [2.75, 3.05) is 11.9 Å². The molecular weight excluding hydrogens is 416 g/mol. The van der Waals surface area contributed by atoms with Crippen molar-refractivity contribution >= 4 is 35.2 Å². The smallest absolute Gasteiger partial charge is 0.139 e. The molecule has 168 valence electrons. The van der Waals surface area contributed by atoms with E-state index in [1.807, 2.05) is 19.2 Å². The van der Waals surface area contributed by atoms with Crippen LogP contribution < -0.4 is 16.4 Å². The maximum absolute atomic E-state index is 6.23. The summed E-state index contributed by atoms with van der Waals surface area (Å²) in [5.41, 5.74) is 11.2. The molecule has 1 aliphatic heterocycles. The van der Waals surface area contributed by atoms with Crippen molar-refractivity contribution in [2.24, 2.45) is 15.7 Å². The topological polar surface area (TPSA) is 87.7 Å². The number of aromatic nitrogens is 1. The third-order valence-corrected chi connectivity index (χ3v) is 6.21. The number of aliphatic imine (C=N–C) groups is 2. The fourth-order valence-electron chi connectivity index (χ4n) is 3.43. The zero-order valence-electron chi connectivity index (χ0n) is 19.1. The molecule has 0 spiro atoms. The number of nitrogens with one attached hydrogen (secondary N) is 2. The minimum absolute atomic E-state index is 0.391. The lowest BCUT2D eigenvalue weighted by molar-refractivity contribution is 0.566. The number of nitrogens with zero attached hydrogens (tertiary/aromatic N) is 3. The van der Waals surface area contributed by atoms with E-state index in [0.717, 1.165) is 42.3 Å². The van der Waals surface area contributed by atoms with E-state index in [9.17, 15) is 0 Å². The van der Waals surface area contributed by atoms with Crippen LogP contribution in [0.3, 0.4) is 0 Å². The van der Waals surface area contributed by atoms with Crippen LogP contribution in [0.25, 0.3) is 5.70 Å². The van der Waals surface area contributed by atoms with Gasteiger partial charge in [-0.05, 0) is 75.6 Å². The number of nitrogens with two attached hydrogens (primary N) is 1. The lowest BCUT2D eigenvalue weighted by Crippen LogP contribution is -2.19. The van der Waals surface area contributed by atoms with Crippen molar-refractivity contribution in [2.45, 2.75) is 46.2 Å². The minimum Gasteiger partial charge on any atom is -0.396 e. The number of thiazole rings is 1. The summed E-state index contributed by atoms with van der Waals surface area (Å²) < 4.78 is 0. The Hall–Kier alpha value is -3.03. The highest BCUT2D eigenvalue weighted by atomic mass is 32.1. The zero-order chi connectivity index (χ0) is 22.9. The molecule has 3 rings (SSSR count). The molecule has 0 bridgehead atoms. The number of aryl methyl sites for hydroxylation is 3. The van der Waals surface area contributed by atoms with Crippen LogP contribution in [0.15, 0.2) is 58.8 Å². The number of allylic oxidation sites excluding steroid dienone is 2. The second-order valence-corrected chi connectivity index (χ2v) is 9.04. The largest absolute Gasteiger partial charge is 0.396 e. The first-order chi connectivity index (χ1) is 15.4. The molecule has 0 fully saturated rings. The number of rotatable bonds is 10. The second-order valence-electron chi connectivity index (χ2n) is 7.96. The fourth-order valence-corrected chi connectivity index (χ4v) is 4.40. The Labute approximate surface area is 194 Å². The highest BCUT2D eigenvalue weighted by Crippen LogP contribution is 2.22. The molecule has 1 unspecified atom stereocenters. The van der Waals surface area contributed by atoms with Gasteiger partial charge in [0.15, 0.2) is 0 Å². The Morgan fingerprint density at radius 1 is 1.28 bits per heavy atom. The van der Waals surface area contributed by atoms with E-state index in [1.165, 1.54) is 16.0 Å². The van der Waals surface area contributed by atoms with E-state index in [0.29, 0.717) is 17.6 Å².